The van der Waals surface area contributed by atoms with Crippen LogP contribution in [0, 0.1) is 0 Å². The third-order valence-corrected chi connectivity index (χ3v) is 6.77. The Balaban J connectivity index is 1.29. The lowest BCUT2D eigenvalue weighted by Gasteiger charge is -2.13. The predicted molar refractivity (Wildman–Crippen MR) is 152 cm³/mol. The van der Waals surface area contributed by atoms with Crippen LogP contribution in [0.5, 0.6) is 5.75 Å². The lowest BCUT2D eigenvalue weighted by Crippen LogP contribution is -2.24. The first-order valence-corrected chi connectivity index (χ1v) is 12.9. The van der Waals surface area contributed by atoms with Crippen molar-refractivity contribution < 1.29 is 9.53 Å². The molecule has 1 heterocycles. The number of hydrogen-bond acceptors (Lipinski definition) is 6. The van der Waals surface area contributed by atoms with Crippen LogP contribution < -0.4 is 15.7 Å². The van der Waals surface area contributed by atoms with E-state index >= 15 is 0 Å². The van der Waals surface area contributed by atoms with Gasteiger partial charge in [-0.25, -0.2) is 10.4 Å². The highest BCUT2D eigenvalue weighted by atomic mass is 32.2. The summed E-state index contributed by atoms with van der Waals surface area (Å²) in [4.78, 5) is 30.6. The average Bonchev–Trinajstić information content (AvgIpc) is 2.97. The molecule has 1 amide bonds. The Morgan fingerprint density at radius 2 is 1.61 bits per heavy atom. The third kappa shape index (κ3) is 5.66. The number of carbonyl (C=O) groups excluding carboxylic acids is 1. The first-order valence-electron chi connectivity index (χ1n) is 11.9. The van der Waals surface area contributed by atoms with Gasteiger partial charge in [-0.05, 0) is 53.1 Å². The molecule has 4 aromatic carbocycles. The summed E-state index contributed by atoms with van der Waals surface area (Å²) in [6.45, 7) is 0. The molecule has 0 aliphatic carbocycles. The van der Waals surface area contributed by atoms with E-state index in [1.54, 1.807) is 55.8 Å². The first-order chi connectivity index (χ1) is 18.6. The van der Waals surface area contributed by atoms with Gasteiger partial charge in [-0.15, -0.1) is 0 Å². The molecule has 0 fully saturated rings. The SMILES string of the molecule is COc1ccc(-n2c(SCC(=O)NN=Cc3ccc(-c4ccccc4)cc3)nc3ccccc3c2=O)cc1. The number of carbonyl (C=O) groups is 1. The molecule has 0 spiro atoms. The van der Waals surface area contributed by atoms with Crippen LogP contribution in [0.1, 0.15) is 5.56 Å². The maximum atomic E-state index is 13.3. The molecule has 5 rings (SSSR count). The Hall–Kier alpha value is -4.69. The number of fused-ring (bicyclic) bond motifs is 1. The Kier molecular flexibility index (Phi) is 7.61. The third-order valence-electron chi connectivity index (χ3n) is 5.83. The number of benzene rings is 4. The molecule has 188 valence electrons. The van der Waals surface area contributed by atoms with Crippen molar-refractivity contribution in [2.24, 2.45) is 5.10 Å². The lowest BCUT2D eigenvalue weighted by molar-refractivity contribution is -0.118. The van der Waals surface area contributed by atoms with E-state index in [0.29, 0.717) is 27.5 Å². The topological polar surface area (TPSA) is 85.6 Å². The van der Waals surface area contributed by atoms with E-state index in [2.05, 4.69) is 27.6 Å². The van der Waals surface area contributed by atoms with Crippen molar-refractivity contribution >= 4 is 34.8 Å². The van der Waals surface area contributed by atoms with Crippen LogP contribution in [-0.4, -0.2) is 34.5 Å². The Morgan fingerprint density at radius 1 is 0.921 bits per heavy atom. The summed E-state index contributed by atoms with van der Waals surface area (Å²) < 4.78 is 6.75. The van der Waals surface area contributed by atoms with Crippen LogP contribution in [0.2, 0.25) is 0 Å². The minimum atomic E-state index is -0.309. The number of aromatic nitrogens is 2. The first kappa shape index (κ1) is 25.0. The van der Waals surface area contributed by atoms with Crippen LogP contribution in [0.4, 0.5) is 0 Å². The normalized spacial score (nSPS) is 11.1. The van der Waals surface area contributed by atoms with Crippen molar-refractivity contribution in [2.75, 3.05) is 12.9 Å². The van der Waals surface area contributed by atoms with Crippen molar-refractivity contribution in [3.63, 3.8) is 0 Å². The molecule has 0 aliphatic heterocycles. The minimum absolute atomic E-state index is 0.0330. The number of nitrogens with one attached hydrogen (secondary N) is 1. The second-order valence-corrected chi connectivity index (χ2v) is 9.26. The molecule has 1 aromatic heterocycles. The smallest absolute Gasteiger partial charge is 0.266 e. The second kappa shape index (κ2) is 11.6. The number of hydrogen-bond donors (Lipinski definition) is 1. The highest BCUT2D eigenvalue weighted by Crippen LogP contribution is 2.23. The van der Waals surface area contributed by atoms with E-state index in [0.717, 1.165) is 16.7 Å². The molecule has 1 N–H and O–H groups in total. The standard InChI is InChI=1S/C30H24N4O3S/c1-37-25-17-15-24(16-18-25)34-29(36)26-9-5-6-10-27(26)32-30(34)38-20-28(35)33-31-19-21-11-13-23(14-12-21)22-7-3-2-4-8-22/h2-19H,20H2,1H3,(H,33,35). The van der Waals surface area contributed by atoms with Crippen molar-refractivity contribution in [2.45, 2.75) is 5.16 Å². The molecule has 0 radical (unpaired) electrons. The fourth-order valence-electron chi connectivity index (χ4n) is 3.90. The summed E-state index contributed by atoms with van der Waals surface area (Å²) in [7, 11) is 1.58. The monoisotopic (exact) mass is 520 g/mol. The number of nitrogens with zero attached hydrogens (tertiary/aromatic N) is 3. The van der Waals surface area contributed by atoms with Gasteiger partial charge in [0.25, 0.3) is 11.5 Å². The molecule has 5 aromatic rings. The molecule has 0 bridgehead atoms. The van der Waals surface area contributed by atoms with E-state index < -0.39 is 0 Å². The van der Waals surface area contributed by atoms with Crippen LogP contribution in [0.15, 0.2) is 118 Å². The summed E-state index contributed by atoms with van der Waals surface area (Å²) in [5, 5.41) is 4.99. The van der Waals surface area contributed by atoms with Gasteiger partial charge in [-0.1, -0.05) is 78.5 Å². The van der Waals surface area contributed by atoms with Gasteiger partial charge < -0.3 is 4.74 Å². The fourth-order valence-corrected chi connectivity index (χ4v) is 4.71. The van der Waals surface area contributed by atoms with Crippen LogP contribution in [0.3, 0.4) is 0 Å². The molecule has 8 heteroatoms. The van der Waals surface area contributed by atoms with Crippen LogP contribution in [0.25, 0.3) is 27.7 Å². The largest absolute Gasteiger partial charge is 0.497 e. The summed E-state index contributed by atoms with van der Waals surface area (Å²) in [5.41, 5.74) is 6.65. The van der Waals surface area contributed by atoms with Gasteiger partial charge in [0, 0.05) is 0 Å². The Labute approximate surface area is 223 Å². The van der Waals surface area contributed by atoms with Crippen molar-refractivity contribution in [3.05, 3.63) is 119 Å². The summed E-state index contributed by atoms with van der Waals surface area (Å²) in [6, 6.07) is 32.3. The molecular formula is C30H24N4O3S. The van der Waals surface area contributed by atoms with Crippen LogP contribution >= 0.6 is 11.8 Å². The van der Waals surface area contributed by atoms with E-state index in [-0.39, 0.29) is 17.2 Å². The van der Waals surface area contributed by atoms with Gasteiger partial charge >= 0.3 is 0 Å². The quantitative estimate of drug-likeness (QED) is 0.130. The summed E-state index contributed by atoms with van der Waals surface area (Å²) >= 11 is 1.17. The van der Waals surface area contributed by atoms with Crippen molar-refractivity contribution in [1.29, 1.82) is 0 Å². The fraction of sp³-hybridized carbons (Fsp3) is 0.0667. The minimum Gasteiger partial charge on any atom is -0.497 e. The van der Waals surface area contributed by atoms with Gasteiger partial charge in [0.15, 0.2) is 5.16 Å². The molecule has 7 nitrogen and oxygen atoms in total. The number of hydrazone groups is 1. The molecule has 38 heavy (non-hydrogen) atoms. The molecule has 0 saturated heterocycles. The van der Waals surface area contributed by atoms with E-state index in [1.807, 2.05) is 48.5 Å². The Morgan fingerprint density at radius 3 is 2.34 bits per heavy atom. The van der Waals surface area contributed by atoms with Gasteiger partial charge in [-0.3, -0.25) is 14.2 Å². The summed E-state index contributed by atoms with van der Waals surface area (Å²) in [6.07, 6.45) is 1.60. The number of amides is 1. The highest BCUT2D eigenvalue weighted by molar-refractivity contribution is 7.99. The van der Waals surface area contributed by atoms with Crippen LogP contribution in [-0.2, 0) is 4.79 Å². The number of para-hydroxylation sites is 1. The van der Waals surface area contributed by atoms with E-state index in [4.69, 9.17) is 4.74 Å². The number of ether oxygens (including phenoxy) is 1. The lowest BCUT2D eigenvalue weighted by atomic mass is 10.0. The van der Waals surface area contributed by atoms with Crippen molar-refractivity contribution in [1.82, 2.24) is 15.0 Å². The molecular weight excluding hydrogens is 496 g/mol. The second-order valence-electron chi connectivity index (χ2n) is 8.32. The molecule has 0 saturated carbocycles. The highest BCUT2D eigenvalue weighted by Gasteiger charge is 2.15. The Bertz CT molecular complexity index is 1650. The van der Waals surface area contributed by atoms with Gasteiger partial charge in [0.05, 0.1) is 35.7 Å². The molecule has 0 unspecified atom stereocenters. The van der Waals surface area contributed by atoms with Gasteiger partial charge in [-0.2, -0.15) is 5.10 Å². The van der Waals surface area contributed by atoms with E-state index in [1.165, 1.54) is 16.3 Å². The zero-order valence-electron chi connectivity index (χ0n) is 20.6. The van der Waals surface area contributed by atoms with Gasteiger partial charge in [0.1, 0.15) is 5.75 Å². The maximum Gasteiger partial charge on any atom is 0.266 e. The molecule has 0 atom stereocenters. The zero-order valence-corrected chi connectivity index (χ0v) is 21.4. The zero-order chi connectivity index (χ0) is 26.3. The maximum absolute atomic E-state index is 13.3. The number of thioether (sulfide) groups is 1. The average molecular weight is 521 g/mol. The van der Waals surface area contributed by atoms with Crippen molar-refractivity contribution in [3.8, 4) is 22.6 Å². The summed E-state index contributed by atoms with van der Waals surface area (Å²) in [5.74, 6) is 0.401. The number of methoxy groups -OCH3 is 1. The number of rotatable bonds is 8. The molecule has 0 aliphatic rings. The van der Waals surface area contributed by atoms with E-state index in [9.17, 15) is 9.59 Å². The predicted octanol–water partition coefficient (Wildman–Crippen LogP) is 5.30. The van der Waals surface area contributed by atoms with Gasteiger partial charge in [0.2, 0.25) is 0 Å².